The monoisotopic (exact) mass is 477 g/mol. The van der Waals surface area contributed by atoms with E-state index >= 15 is 0 Å². The van der Waals surface area contributed by atoms with E-state index < -0.39 is 0 Å². The molecular formula is C27H35N5O3. The fourth-order valence-electron chi connectivity index (χ4n) is 5.36. The quantitative estimate of drug-likeness (QED) is 0.535. The van der Waals surface area contributed by atoms with Crippen LogP contribution in [-0.4, -0.2) is 53.7 Å². The Morgan fingerprint density at radius 2 is 2.06 bits per heavy atom. The molecule has 8 nitrogen and oxygen atoms in total. The molecule has 2 aromatic rings. The van der Waals surface area contributed by atoms with Crippen LogP contribution in [0.5, 0.6) is 5.75 Å². The largest absolute Gasteiger partial charge is 0.494 e. The molecule has 5 rings (SSSR count). The highest BCUT2D eigenvalue weighted by Gasteiger charge is 2.43. The van der Waals surface area contributed by atoms with Gasteiger partial charge in [0.2, 0.25) is 5.91 Å². The SMILES string of the molecule is CC(C)c1noc(N2CCC([C@H]3C[C@H]3CCOc3ccc(CC(=O)N4CCC4)c(C#N)c3)CC2)n1. The average molecular weight is 478 g/mol. The van der Waals surface area contributed by atoms with E-state index in [0.717, 1.165) is 68.2 Å². The van der Waals surface area contributed by atoms with Gasteiger partial charge in [0, 0.05) is 32.1 Å². The van der Waals surface area contributed by atoms with E-state index in [1.54, 1.807) is 6.07 Å². The van der Waals surface area contributed by atoms with E-state index in [9.17, 15) is 10.1 Å². The summed E-state index contributed by atoms with van der Waals surface area (Å²) in [4.78, 5) is 20.9. The molecule has 1 saturated carbocycles. The summed E-state index contributed by atoms with van der Waals surface area (Å²) < 4.78 is 11.5. The molecule has 0 N–H and O–H groups in total. The number of nitriles is 1. The Hall–Kier alpha value is -3.08. The van der Waals surface area contributed by atoms with Gasteiger partial charge < -0.3 is 19.1 Å². The highest BCUT2D eigenvalue weighted by molar-refractivity contribution is 5.80. The standard InChI is InChI=1S/C27H35N5O3/c1-18(2)26-29-27(35-30-26)32-11-6-19(7-12-32)24-15-21(24)8-13-34-23-5-4-20(22(14-23)17-28)16-25(33)31-9-3-10-31/h4-5,14,18-19,21,24H,3,6-13,15-16H2,1-2H3/t21-,24-/m1/s1. The minimum Gasteiger partial charge on any atom is -0.494 e. The first-order valence-electron chi connectivity index (χ1n) is 13.0. The smallest absolute Gasteiger partial charge is 0.324 e. The lowest BCUT2D eigenvalue weighted by Gasteiger charge is -2.31. The van der Waals surface area contributed by atoms with Gasteiger partial charge in [0.15, 0.2) is 5.82 Å². The predicted octanol–water partition coefficient (Wildman–Crippen LogP) is 4.16. The molecule has 0 bridgehead atoms. The molecule has 0 unspecified atom stereocenters. The molecule has 1 amide bonds. The summed E-state index contributed by atoms with van der Waals surface area (Å²) in [7, 11) is 0. The van der Waals surface area contributed by atoms with Crippen LogP contribution in [0.2, 0.25) is 0 Å². The summed E-state index contributed by atoms with van der Waals surface area (Å²) in [5.74, 6) is 4.16. The van der Waals surface area contributed by atoms with Crippen molar-refractivity contribution in [3.63, 3.8) is 0 Å². The van der Waals surface area contributed by atoms with Crippen LogP contribution < -0.4 is 9.64 Å². The number of carbonyl (C=O) groups excluding carboxylic acids is 1. The fraction of sp³-hybridized carbons (Fsp3) is 0.630. The number of anilines is 1. The molecule has 0 spiro atoms. The van der Waals surface area contributed by atoms with Gasteiger partial charge in [-0.15, -0.1) is 0 Å². The Kier molecular flexibility index (Phi) is 6.94. The summed E-state index contributed by atoms with van der Waals surface area (Å²) in [6, 6.07) is 8.43. The molecule has 3 fully saturated rings. The molecule has 2 atom stereocenters. The molecule has 3 heterocycles. The summed E-state index contributed by atoms with van der Waals surface area (Å²) in [6.45, 7) is 8.44. The van der Waals surface area contributed by atoms with Crippen LogP contribution in [0, 0.1) is 29.1 Å². The lowest BCUT2D eigenvalue weighted by Crippen LogP contribution is -2.42. The number of amides is 1. The summed E-state index contributed by atoms with van der Waals surface area (Å²) in [5, 5.41) is 13.6. The second-order valence-corrected chi connectivity index (χ2v) is 10.6. The number of hydrogen-bond donors (Lipinski definition) is 0. The van der Waals surface area contributed by atoms with Crippen LogP contribution in [-0.2, 0) is 11.2 Å². The second-order valence-electron chi connectivity index (χ2n) is 10.6. The van der Waals surface area contributed by atoms with Crippen molar-refractivity contribution in [1.82, 2.24) is 15.0 Å². The van der Waals surface area contributed by atoms with Gasteiger partial charge >= 0.3 is 6.01 Å². The number of benzene rings is 1. The van der Waals surface area contributed by atoms with Crippen molar-refractivity contribution < 1.29 is 14.1 Å². The number of piperidine rings is 1. The fourth-order valence-corrected chi connectivity index (χ4v) is 5.36. The van der Waals surface area contributed by atoms with Crippen LogP contribution in [0.25, 0.3) is 0 Å². The van der Waals surface area contributed by atoms with Crippen molar-refractivity contribution in [2.24, 2.45) is 17.8 Å². The summed E-state index contributed by atoms with van der Waals surface area (Å²) in [6.07, 6.45) is 6.03. The Balaban J connectivity index is 1.04. The van der Waals surface area contributed by atoms with Crippen LogP contribution in [0.3, 0.4) is 0 Å². The Labute approximate surface area is 207 Å². The first kappa shape index (κ1) is 23.7. The van der Waals surface area contributed by atoms with E-state index in [-0.39, 0.29) is 18.2 Å². The lowest BCUT2D eigenvalue weighted by molar-refractivity contribution is -0.133. The third-order valence-corrected chi connectivity index (χ3v) is 7.85. The zero-order chi connectivity index (χ0) is 24.4. The van der Waals surface area contributed by atoms with Crippen molar-refractivity contribution in [2.45, 2.75) is 58.3 Å². The van der Waals surface area contributed by atoms with Gasteiger partial charge in [-0.2, -0.15) is 10.2 Å². The predicted molar refractivity (Wildman–Crippen MR) is 131 cm³/mol. The van der Waals surface area contributed by atoms with Crippen LogP contribution in [0.4, 0.5) is 6.01 Å². The number of hydrogen-bond acceptors (Lipinski definition) is 7. The van der Waals surface area contributed by atoms with E-state index in [0.29, 0.717) is 23.9 Å². The number of nitrogens with zero attached hydrogens (tertiary/aromatic N) is 5. The third-order valence-electron chi connectivity index (χ3n) is 7.85. The zero-order valence-corrected chi connectivity index (χ0v) is 20.8. The molecule has 35 heavy (non-hydrogen) atoms. The maximum Gasteiger partial charge on any atom is 0.324 e. The summed E-state index contributed by atoms with van der Waals surface area (Å²) >= 11 is 0. The van der Waals surface area contributed by atoms with Crippen molar-refractivity contribution in [3.05, 3.63) is 35.2 Å². The van der Waals surface area contributed by atoms with Crippen LogP contribution >= 0.6 is 0 Å². The zero-order valence-electron chi connectivity index (χ0n) is 20.8. The van der Waals surface area contributed by atoms with E-state index in [2.05, 4.69) is 35.0 Å². The van der Waals surface area contributed by atoms with Gasteiger partial charge in [0.05, 0.1) is 24.7 Å². The van der Waals surface area contributed by atoms with Gasteiger partial charge in [-0.25, -0.2) is 0 Å². The Bertz CT molecular complexity index is 1080. The topological polar surface area (TPSA) is 95.5 Å². The number of likely N-dealkylation sites (tertiary alicyclic amines) is 1. The van der Waals surface area contributed by atoms with Gasteiger partial charge in [-0.3, -0.25) is 4.79 Å². The first-order chi connectivity index (χ1) is 17.0. The number of carbonyl (C=O) groups is 1. The molecular weight excluding hydrogens is 442 g/mol. The van der Waals surface area contributed by atoms with Gasteiger partial charge in [-0.1, -0.05) is 25.1 Å². The second kappa shape index (κ2) is 10.3. The third kappa shape index (κ3) is 5.44. The molecule has 3 aliphatic rings. The van der Waals surface area contributed by atoms with Crippen molar-refractivity contribution in [3.8, 4) is 11.8 Å². The van der Waals surface area contributed by atoms with Gasteiger partial charge in [-0.05, 0) is 67.6 Å². The van der Waals surface area contributed by atoms with E-state index in [1.807, 2.05) is 17.0 Å². The molecule has 2 saturated heterocycles. The van der Waals surface area contributed by atoms with Gasteiger partial charge in [0.25, 0.3) is 0 Å². The number of ether oxygens (including phenoxy) is 1. The molecule has 1 aromatic carbocycles. The van der Waals surface area contributed by atoms with Crippen molar-refractivity contribution in [2.75, 3.05) is 37.7 Å². The normalized spacial score (nSPS) is 22.1. The highest BCUT2D eigenvalue weighted by atomic mass is 16.5. The maximum absolute atomic E-state index is 12.3. The highest BCUT2D eigenvalue weighted by Crippen LogP contribution is 2.50. The maximum atomic E-state index is 12.3. The molecule has 1 aromatic heterocycles. The van der Waals surface area contributed by atoms with Crippen molar-refractivity contribution in [1.29, 1.82) is 5.26 Å². The minimum absolute atomic E-state index is 0.101. The Morgan fingerprint density at radius 1 is 1.26 bits per heavy atom. The Morgan fingerprint density at radius 3 is 2.71 bits per heavy atom. The molecule has 8 heteroatoms. The first-order valence-corrected chi connectivity index (χ1v) is 13.0. The molecule has 1 aliphatic carbocycles. The number of rotatable bonds is 9. The molecule has 2 aliphatic heterocycles. The lowest BCUT2D eigenvalue weighted by atomic mass is 9.90. The summed E-state index contributed by atoms with van der Waals surface area (Å²) in [5.41, 5.74) is 1.32. The van der Waals surface area contributed by atoms with Gasteiger partial charge in [0.1, 0.15) is 5.75 Å². The van der Waals surface area contributed by atoms with E-state index in [1.165, 1.54) is 19.3 Å². The van der Waals surface area contributed by atoms with Crippen LogP contribution in [0.15, 0.2) is 22.7 Å². The number of aromatic nitrogens is 2. The van der Waals surface area contributed by atoms with Crippen molar-refractivity contribution >= 4 is 11.9 Å². The average Bonchev–Trinajstić information content (AvgIpc) is 3.41. The van der Waals surface area contributed by atoms with Crippen LogP contribution in [0.1, 0.15) is 68.8 Å². The molecule has 186 valence electrons. The van der Waals surface area contributed by atoms with E-state index in [4.69, 9.17) is 9.26 Å². The molecule has 0 radical (unpaired) electrons. The minimum atomic E-state index is 0.101.